The molecule has 1 fully saturated rings. The van der Waals surface area contributed by atoms with Crippen LogP contribution in [0.5, 0.6) is 0 Å². The summed E-state index contributed by atoms with van der Waals surface area (Å²) in [6, 6.07) is 2.15. The Labute approximate surface area is 110 Å². The van der Waals surface area contributed by atoms with Crippen LogP contribution in [0, 0.1) is 12.8 Å². The van der Waals surface area contributed by atoms with Crippen molar-refractivity contribution in [1.82, 2.24) is 4.98 Å². The summed E-state index contributed by atoms with van der Waals surface area (Å²) in [5.74, 6) is 1.17. The SMILES string of the molecule is Cc1cnc(N)c(C(N)C2CCCCCCC2)c1. The molecule has 0 aromatic carbocycles. The Morgan fingerprint density at radius 1 is 1.17 bits per heavy atom. The normalized spacial score (nSPS) is 20.1. The van der Waals surface area contributed by atoms with Crippen LogP contribution in [0.4, 0.5) is 5.82 Å². The first-order valence-corrected chi connectivity index (χ1v) is 7.16. The van der Waals surface area contributed by atoms with E-state index < -0.39 is 0 Å². The van der Waals surface area contributed by atoms with E-state index in [1.807, 2.05) is 13.1 Å². The van der Waals surface area contributed by atoms with E-state index in [1.54, 1.807) is 0 Å². The van der Waals surface area contributed by atoms with Crippen LogP contribution < -0.4 is 11.5 Å². The van der Waals surface area contributed by atoms with Gasteiger partial charge < -0.3 is 11.5 Å². The maximum Gasteiger partial charge on any atom is 0.128 e. The topological polar surface area (TPSA) is 64.9 Å². The number of anilines is 1. The first kappa shape index (κ1) is 13.3. The quantitative estimate of drug-likeness (QED) is 0.842. The number of rotatable bonds is 2. The third-order valence-electron chi connectivity index (χ3n) is 4.10. The zero-order valence-electron chi connectivity index (χ0n) is 11.4. The molecule has 1 aromatic heterocycles. The maximum absolute atomic E-state index is 6.44. The van der Waals surface area contributed by atoms with Gasteiger partial charge in [0.25, 0.3) is 0 Å². The second-order valence-corrected chi connectivity index (χ2v) is 5.62. The summed E-state index contributed by atoms with van der Waals surface area (Å²) in [7, 11) is 0. The molecule has 0 spiro atoms. The first-order valence-electron chi connectivity index (χ1n) is 7.16. The fourth-order valence-electron chi connectivity index (χ4n) is 2.97. The van der Waals surface area contributed by atoms with Crippen molar-refractivity contribution in [1.29, 1.82) is 0 Å². The highest BCUT2D eigenvalue weighted by molar-refractivity contribution is 5.43. The van der Waals surface area contributed by atoms with Gasteiger partial charge in [0, 0.05) is 17.8 Å². The summed E-state index contributed by atoms with van der Waals surface area (Å²) >= 11 is 0. The van der Waals surface area contributed by atoms with Crippen molar-refractivity contribution in [2.75, 3.05) is 5.73 Å². The smallest absolute Gasteiger partial charge is 0.128 e. The first-order chi connectivity index (χ1) is 8.68. The minimum Gasteiger partial charge on any atom is -0.383 e. The molecule has 4 N–H and O–H groups in total. The van der Waals surface area contributed by atoms with Gasteiger partial charge in [-0.3, -0.25) is 0 Å². The third-order valence-corrected chi connectivity index (χ3v) is 4.10. The number of nitrogens with zero attached hydrogens (tertiary/aromatic N) is 1. The van der Waals surface area contributed by atoms with Crippen LogP contribution in [0.1, 0.15) is 62.1 Å². The Hall–Kier alpha value is -1.09. The average Bonchev–Trinajstić information content (AvgIpc) is 2.31. The van der Waals surface area contributed by atoms with Crippen LogP contribution in [0.25, 0.3) is 0 Å². The van der Waals surface area contributed by atoms with Crippen molar-refractivity contribution in [2.24, 2.45) is 11.7 Å². The van der Waals surface area contributed by atoms with Crippen molar-refractivity contribution in [3.63, 3.8) is 0 Å². The summed E-state index contributed by atoms with van der Waals surface area (Å²) in [6.45, 7) is 2.04. The Morgan fingerprint density at radius 2 is 1.78 bits per heavy atom. The minimum absolute atomic E-state index is 0.0514. The summed E-state index contributed by atoms with van der Waals surface area (Å²) < 4.78 is 0. The van der Waals surface area contributed by atoms with Gasteiger partial charge in [0.2, 0.25) is 0 Å². The monoisotopic (exact) mass is 247 g/mol. The van der Waals surface area contributed by atoms with E-state index >= 15 is 0 Å². The molecule has 0 saturated heterocycles. The summed E-state index contributed by atoms with van der Waals surface area (Å²) in [5.41, 5.74) is 14.6. The molecule has 100 valence electrons. The van der Waals surface area contributed by atoms with Gasteiger partial charge in [0.15, 0.2) is 0 Å². The van der Waals surface area contributed by atoms with E-state index in [-0.39, 0.29) is 6.04 Å². The molecule has 0 aliphatic heterocycles. The molecule has 3 heteroatoms. The van der Waals surface area contributed by atoms with E-state index in [0.717, 1.165) is 11.1 Å². The van der Waals surface area contributed by atoms with Crippen LogP contribution in [-0.4, -0.2) is 4.98 Å². The van der Waals surface area contributed by atoms with E-state index in [4.69, 9.17) is 11.5 Å². The van der Waals surface area contributed by atoms with Gasteiger partial charge in [-0.25, -0.2) is 4.98 Å². The van der Waals surface area contributed by atoms with Gasteiger partial charge in [-0.05, 0) is 37.3 Å². The molecular weight excluding hydrogens is 222 g/mol. The summed E-state index contributed by atoms with van der Waals surface area (Å²) in [5, 5.41) is 0. The van der Waals surface area contributed by atoms with Gasteiger partial charge in [-0.2, -0.15) is 0 Å². The Bertz CT molecular complexity index is 381. The molecular formula is C15H25N3. The highest BCUT2D eigenvalue weighted by Crippen LogP contribution is 2.33. The third kappa shape index (κ3) is 3.22. The predicted octanol–water partition coefficient (Wildman–Crippen LogP) is 3.33. The average molecular weight is 247 g/mol. The largest absolute Gasteiger partial charge is 0.383 e. The Kier molecular flexibility index (Phi) is 4.59. The molecule has 1 atom stereocenters. The number of nitrogen functional groups attached to an aromatic ring is 1. The molecule has 3 nitrogen and oxygen atoms in total. The second-order valence-electron chi connectivity index (χ2n) is 5.62. The van der Waals surface area contributed by atoms with Gasteiger partial charge in [0.05, 0.1) is 0 Å². The number of aryl methyl sites for hydroxylation is 1. The van der Waals surface area contributed by atoms with Crippen molar-refractivity contribution in [3.05, 3.63) is 23.4 Å². The molecule has 1 aromatic rings. The van der Waals surface area contributed by atoms with Crippen LogP contribution in [0.15, 0.2) is 12.3 Å². The molecule has 1 unspecified atom stereocenters. The highest BCUT2D eigenvalue weighted by atomic mass is 14.8. The lowest BCUT2D eigenvalue weighted by molar-refractivity contribution is 0.328. The number of nitrogens with two attached hydrogens (primary N) is 2. The van der Waals surface area contributed by atoms with Gasteiger partial charge in [-0.1, -0.05) is 32.1 Å². The number of pyridine rings is 1. The van der Waals surface area contributed by atoms with Crippen LogP contribution >= 0.6 is 0 Å². The lowest BCUT2D eigenvalue weighted by Crippen LogP contribution is -2.24. The summed E-state index contributed by atoms with van der Waals surface area (Å²) in [4.78, 5) is 4.23. The van der Waals surface area contributed by atoms with Gasteiger partial charge in [-0.15, -0.1) is 0 Å². The van der Waals surface area contributed by atoms with Crippen LogP contribution in [0.3, 0.4) is 0 Å². The van der Waals surface area contributed by atoms with Gasteiger partial charge in [0.1, 0.15) is 5.82 Å². The fourth-order valence-corrected chi connectivity index (χ4v) is 2.97. The zero-order chi connectivity index (χ0) is 13.0. The number of hydrogen-bond donors (Lipinski definition) is 2. The minimum atomic E-state index is 0.0514. The van der Waals surface area contributed by atoms with Crippen molar-refractivity contribution in [2.45, 2.75) is 57.9 Å². The standard InChI is InChI=1S/C15H25N3/c1-11-9-13(15(17)18-10-11)14(16)12-7-5-3-2-4-6-8-12/h9-10,12,14H,2-8,16H2,1H3,(H2,17,18). The number of aromatic nitrogens is 1. The molecule has 1 heterocycles. The molecule has 18 heavy (non-hydrogen) atoms. The van der Waals surface area contributed by atoms with Crippen LogP contribution in [-0.2, 0) is 0 Å². The predicted molar refractivity (Wildman–Crippen MR) is 76.1 cm³/mol. The van der Waals surface area contributed by atoms with E-state index in [0.29, 0.717) is 11.7 Å². The van der Waals surface area contributed by atoms with Crippen molar-refractivity contribution < 1.29 is 0 Å². The molecule has 1 saturated carbocycles. The maximum atomic E-state index is 6.44. The summed E-state index contributed by atoms with van der Waals surface area (Å²) in [6.07, 6.45) is 11.0. The van der Waals surface area contributed by atoms with E-state index in [9.17, 15) is 0 Å². The molecule has 0 radical (unpaired) electrons. The van der Waals surface area contributed by atoms with Crippen molar-refractivity contribution >= 4 is 5.82 Å². The highest BCUT2D eigenvalue weighted by Gasteiger charge is 2.22. The molecule has 0 amide bonds. The molecule has 0 bridgehead atoms. The zero-order valence-corrected chi connectivity index (χ0v) is 11.4. The Balaban J connectivity index is 2.12. The second kappa shape index (κ2) is 6.19. The fraction of sp³-hybridized carbons (Fsp3) is 0.667. The molecule has 2 rings (SSSR count). The molecule has 1 aliphatic carbocycles. The lowest BCUT2D eigenvalue weighted by atomic mass is 9.83. The van der Waals surface area contributed by atoms with E-state index in [1.165, 1.54) is 44.9 Å². The number of hydrogen-bond acceptors (Lipinski definition) is 3. The van der Waals surface area contributed by atoms with Gasteiger partial charge >= 0.3 is 0 Å². The van der Waals surface area contributed by atoms with E-state index in [2.05, 4.69) is 11.1 Å². The Morgan fingerprint density at radius 3 is 2.44 bits per heavy atom. The van der Waals surface area contributed by atoms with Crippen molar-refractivity contribution in [3.8, 4) is 0 Å². The lowest BCUT2D eigenvalue weighted by Gasteiger charge is -2.26. The molecule has 1 aliphatic rings. The van der Waals surface area contributed by atoms with Crippen LogP contribution in [0.2, 0.25) is 0 Å².